The van der Waals surface area contributed by atoms with Crippen LogP contribution in [0.2, 0.25) is 10.0 Å². The SMILES string of the molecule is Cc1ccc(Cl)c(NC(=O)c2cc(Cl)ccc2[N+](=O)[O-])c1. The molecule has 0 unspecified atom stereocenters. The van der Waals surface area contributed by atoms with Gasteiger partial charge in [0.05, 0.1) is 15.6 Å². The first-order chi connectivity index (χ1) is 9.88. The highest BCUT2D eigenvalue weighted by Crippen LogP contribution is 2.27. The second-order valence-electron chi connectivity index (χ2n) is 4.36. The molecule has 0 radical (unpaired) electrons. The second-order valence-corrected chi connectivity index (χ2v) is 5.20. The molecule has 0 heterocycles. The van der Waals surface area contributed by atoms with Crippen LogP contribution in [0.5, 0.6) is 0 Å². The molecule has 21 heavy (non-hydrogen) atoms. The van der Waals surface area contributed by atoms with Crippen molar-refractivity contribution >= 4 is 40.5 Å². The number of benzene rings is 2. The Morgan fingerprint density at radius 3 is 2.57 bits per heavy atom. The van der Waals surface area contributed by atoms with E-state index in [0.29, 0.717) is 10.7 Å². The Bertz CT molecular complexity index is 732. The molecule has 0 aliphatic heterocycles. The average Bonchev–Trinajstić information content (AvgIpc) is 2.42. The van der Waals surface area contributed by atoms with Gasteiger partial charge in [-0.25, -0.2) is 0 Å². The fraction of sp³-hybridized carbons (Fsp3) is 0.0714. The van der Waals surface area contributed by atoms with E-state index >= 15 is 0 Å². The lowest BCUT2D eigenvalue weighted by atomic mass is 10.1. The van der Waals surface area contributed by atoms with Crippen LogP contribution in [0.25, 0.3) is 0 Å². The Morgan fingerprint density at radius 2 is 1.90 bits per heavy atom. The zero-order valence-corrected chi connectivity index (χ0v) is 12.4. The van der Waals surface area contributed by atoms with E-state index in [1.807, 2.05) is 6.92 Å². The van der Waals surface area contributed by atoms with Crippen molar-refractivity contribution in [2.45, 2.75) is 6.92 Å². The first kappa shape index (κ1) is 15.3. The van der Waals surface area contributed by atoms with Gasteiger partial charge in [-0.1, -0.05) is 29.3 Å². The van der Waals surface area contributed by atoms with E-state index < -0.39 is 10.8 Å². The van der Waals surface area contributed by atoms with Crippen molar-refractivity contribution in [1.82, 2.24) is 0 Å². The maximum Gasteiger partial charge on any atom is 0.282 e. The number of amides is 1. The van der Waals surface area contributed by atoms with Gasteiger partial charge in [0.25, 0.3) is 11.6 Å². The minimum atomic E-state index is -0.642. The minimum absolute atomic E-state index is 0.120. The molecule has 7 heteroatoms. The summed E-state index contributed by atoms with van der Waals surface area (Å²) in [6.45, 7) is 1.84. The first-order valence-electron chi connectivity index (χ1n) is 5.90. The molecule has 0 saturated carbocycles. The number of carbonyl (C=O) groups excluding carboxylic acids is 1. The Balaban J connectivity index is 2.39. The summed E-state index contributed by atoms with van der Waals surface area (Å²) in [6.07, 6.45) is 0. The average molecular weight is 325 g/mol. The van der Waals surface area contributed by atoms with Crippen molar-refractivity contribution in [3.05, 3.63) is 67.7 Å². The molecule has 0 aromatic heterocycles. The Kier molecular flexibility index (Phi) is 4.45. The molecule has 108 valence electrons. The molecule has 0 fully saturated rings. The largest absolute Gasteiger partial charge is 0.320 e. The molecule has 2 rings (SSSR count). The number of hydrogen-bond acceptors (Lipinski definition) is 3. The first-order valence-corrected chi connectivity index (χ1v) is 6.65. The van der Waals surface area contributed by atoms with Gasteiger partial charge in [0, 0.05) is 11.1 Å². The van der Waals surface area contributed by atoms with Crippen LogP contribution in [0.15, 0.2) is 36.4 Å². The van der Waals surface area contributed by atoms with Gasteiger partial charge < -0.3 is 5.32 Å². The van der Waals surface area contributed by atoms with E-state index in [4.69, 9.17) is 23.2 Å². The van der Waals surface area contributed by atoms with Gasteiger partial charge in [0.15, 0.2) is 0 Å². The van der Waals surface area contributed by atoms with Crippen LogP contribution >= 0.6 is 23.2 Å². The lowest BCUT2D eigenvalue weighted by Gasteiger charge is -2.08. The zero-order chi connectivity index (χ0) is 15.6. The van der Waals surface area contributed by atoms with Gasteiger partial charge in [-0.2, -0.15) is 0 Å². The molecule has 1 amide bonds. The third-order valence-corrected chi connectivity index (χ3v) is 3.33. The smallest absolute Gasteiger partial charge is 0.282 e. The van der Waals surface area contributed by atoms with Gasteiger partial charge in [-0.15, -0.1) is 0 Å². The predicted octanol–water partition coefficient (Wildman–Crippen LogP) is 4.46. The maximum atomic E-state index is 12.2. The molecule has 5 nitrogen and oxygen atoms in total. The molecule has 0 aliphatic carbocycles. The van der Waals surface area contributed by atoms with Crippen molar-refractivity contribution < 1.29 is 9.72 Å². The van der Waals surface area contributed by atoms with Crippen LogP contribution in [0, 0.1) is 17.0 Å². The molecule has 2 aromatic carbocycles. The maximum absolute atomic E-state index is 12.2. The number of nitrogens with one attached hydrogen (secondary N) is 1. The van der Waals surface area contributed by atoms with Crippen LogP contribution < -0.4 is 5.32 Å². The lowest BCUT2D eigenvalue weighted by Crippen LogP contribution is -2.14. The Morgan fingerprint density at radius 1 is 1.19 bits per heavy atom. The number of aryl methyl sites for hydroxylation is 1. The van der Waals surface area contributed by atoms with Crippen LogP contribution in [0.1, 0.15) is 15.9 Å². The highest BCUT2D eigenvalue weighted by Gasteiger charge is 2.21. The van der Waals surface area contributed by atoms with E-state index in [1.165, 1.54) is 18.2 Å². The number of nitro groups is 1. The second kappa shape index (κ2) is 6.11. The minimum Gasteiger partial charge on any atom is -0.320 e. The fourth-order valence-corrected chi connectivity index (χ4v) is 2.11. The summed E-state index contributed by atoms with van der Waals surface area (Å²) in [5.74, 6) is -0.642. The zero-order valence-electron chi connectivity index (χ0n) is 10.9. The summed E-state index contributed by atoms with van der Waals surface area (Å²) in [7, 11) is 0. The van der Waals surface area contributed by atoms with Crippen molar-refractivity contribution in [1.29, 1.82) is 0 Å². The summed E-state index contributed by atoms with van der Waals surface area (Å²) in [5, 5.41) is 14.1. The summed E-state index contributed by atoms with van der Waals surface area (Å²) >= 11 is 11.8. The van der Waals surface area contributed by atoms with E-state index in [2.05, 4.69) is 5.32 Å². The molecule has 0 aliphatic rings. The molecule has 2 aromatic rings. The van der Waals surface area contributed by atoms with Crippen LogP contribution in [-0.4, -0.2) is 10.8 Å². The van der Waals surface area contributed by atoms with Crippen molar-refractivity contribution in [2.24, 2.45) is 0 Å². The number of nitro benzene ring substituents is 1. The third kappa shape index (κ3) is 3.51. The molecular formula is C14H10Cl2N2O3. The van der Waals surface area contributed by atoms with Crippen molar-refractivity contribution in [2.75, 3.05) is 5.32 Å². The van der Waals surface area contributed by atoms with Crippen LogP contribution in [0.3, 0.4) is 0 Å². The molecule has 0 spiro atoms. The number of hydrogen-bond donors (Lipinski definition) is 1. The van der Waals surface area contributed by atoms with Crippen molar-refractivity contribution in [3.8, 4) is 0 Å². The van der Waals surface area contributed by atoms with Crippen LogP contribution in [-0.2, 0) is 0 Å². The van der Waals surface area contributed by atoms with E-state index in [9.17, 15) is 14.9 Å². The third-order valence-electron chi connectivity index (χ3n) is 2.77. The molecule has 1 N–H and O–H groups in total. The number of rotatable bonds is 3. The predicted molar refractivity (Wildman–Crippen MR) is 82.2 cm³/mol. The Hall–Kier alpha value is -2.11. The Labute approximate surface area is 130 Å². The summed E-state index contributed by atoms with van der Waals surface area (Å²) in [5.41, 5.74) is 0.844. The highest BCUT2D eigenvalue weighted by molar-refractivity contribution is 6.34. The highest BCUT2D eigenvalue weighted by atomic mass is 35.5. The van der Waals surface area contributed by atoms with Crippen LogP contribution in [0.4, 0.5) is 11.4 Å². The van der Waals surface area contributed by atoms with Gasteiger partial charge in [0.1, 0.15) is 5.56 Å². The van der Waals surface area contributed by atoms with Crippen molar-refractivity contribution in [3.63, 3.8) is 0 Å². The quantitative estimate of drug-likeness (QED) is 0.669. The van der Waals surface area contributed by atoms with E-state index in [-0.39, 0.29) is 16.3 Å². The monoisotopic (exact) mass is 324 g/mol. The van der Waals surface area contributed by atoms with E-state index in [0.717, 1.165) is 5.56 Å². The topological polar surface area (TPSA) is 72.2 Å². The molecule has 0 saturated heterocycles. The summed E-state index contributed by atoms with van der Waals surface area (Å²) in [6, 6.07) is 8.90. The van der Waals surface area contributed by atoms with Gasteiger partial charge in [-0.3, -0.25) is 14.9 Å². The standard InChI is InChI=1S/C14H10Cl2N2O3/c1-8-2-4-11(16)12(6-8)17-14(19)10-7-9(15)3-5-13(10)18(20)21/h2-7H,1H3,(H,17,19). The normalized spacial score (nSPS) is 10.2. The number of anilines is 1. The summed E-state index contributed by atoms with van der Waals surface area (Å²) in [4.78, 5) is 22.6. The fourth-order valence-electron chi connectivity index (χ4n) is 1.77. The van der Waals surface area contributed by atoms with Gasteiger partial charge in [-0.05, 0) is 36.8 Å². The summed E-state index contributed by atoms with van der Waals surface area (Å²) < 4.78 is 0. The number of halogens is 2. The van der Waals surface area contributed by atoms with Gasteiger partial charge in [0.2, 0.25) is 0 Å². The molecule has 0 bridgehead atoms. The lowest BCUT2D eigenvalue weighted by molar-refractivity contribution is -0.385. The molecule has 0 atom stereocenters. The molecular weight excluding hydrogens is 315 g/mol. The van der Waals surface area contributed by atoms with E-state index in [1.54, 1.807) is 18.2 Å². The van der Waals surface area contributed by atoms with Gasteiger partial charge >= 0.3 is 0 Å². The number of carbonyl (C=O) groups is 1. The number of nitrogens with zero attached hydrogens (tertiary/aromatic N) is 1.